The summed E-state index contributed by atoms with van der Waals surface area (Å²) in [7, 11) is 0. The Kier molecular flexibility index (Phi) is 4.61. The van der Waals surface area contributed by atoms with E-state index in [2.05, 4.69) is 10.6 Å². The Morgan fingerprint density at radius 2 is 2.20 bits per heavy atom. The zero-order valence-corrected chi connectivity index (χ0v) is 11.8. The van der Waals surface area contributed by atoms with Crippen molar-refractivity contribution in [1.82, 2.24) is 10.6 Å². The first-order chi connectivity index (χ1) is 9.56. The van der Waals surface area contributed by atoms with Crippen molar-refractivity contribution >= 4 is 11.8 Å². The molecule has 1 aromatic carbocycles. The molecule has 0 spiro atoms. The quantitative estimate of drug-likeness (QED) is 0.853. The number of hydrogen-bond acceptors (Lipinski definition) is 3. The SMILES string of the molecule is CC(C)Oc1ccccc1CNC(=O)[C@H]1CCC(=O)N1. The molecule has 1 atom stereocenters. The Balaban J connectivity index is 1.93. The minimum Gasteiger partial charge on any atom is -0.491 e. The van der Waals surface area contributed by atoms with Crippen LogP contribution in [0.3, 0.4) is 0 Å². The minimum absolute atomic E-state index is 0.0614. The van der Waals surface area contributed by atoms with Gasteiger partial charge >= 0.3 is 0 Å². The summed E-state index contributed by atoms with van der Waals surface area (Å²) in [6.45, 7) is 4.32. The number of rotatable bonds is 5. The molecule has 1 fully saturated rings. The van der Waals surface area contributed by atoms with Gasteiger partial charge in [0.05, 0.1) is 6.10 Å². The van der Waals surface area contributed by atoms with Gasteiger partial charge in [-0.05, 0) is 26.3 Å². The highest BCUT2D eigenvalue weighted by atomic mass is 16.5. The fraction of sp³-hybridized carbons (Fsp3) is 0.467. The van der Waals surface area contributed by atoms with E-state index in [-0.39, 0.29) is 17.9 Å². The number of carbonyl (C=O) groups excluding carboxylic acids is 2. The number of hydrogen-bond donors (Lipinski definition) is 2. The van der Waals surface area contributed by atoms with Crippen LogP contribution in [0.15, 0.2) is 24.3 Å². The third kappa shape index (κ3) is 3.73. The normalized spacial score (nSPS) is 17.9. The van der Waals surface area contributed by atoms with E-state index in [0.717, 1.165) is 11.3 Å². The predicted molar refractivity (Wildman–Crippen MR) is 75.2 cm³/mol. The molecule has 1 aromatic rings. The van der Waals surface area contributed by atoms with Gasteiger partial charge in [-0.1, -0.05) is 18.2 Å². The monoisotopic (exact) mass is 276 g/mol. The first-order valence-corrected chi connectivity index (χ1v) is 6.88. The molecule has 2 rings (SSSR count). The number of para-hydroxylation sites is 1. The van der Waals surface area contributed by atoms with Crippen LogP contribution in [-0.4, -0.2) is 24.0 Å². The summed E-state index contributed by atoms with van der Waals surface area (Å²) in [6.07, 6.45) is 1.07. The summed E-state index contributed by atoms with van der Waals surface area (Å²) >= 11 is 0. The Hall–Kier alpha value is -2.04. The zero-order valence-electron chi connectivity index (χ0n) is 11.8. The van der Waals surface area contributed by atoms with Gasteiger partial charge in [0.25, 0.3) is 0 Å². The molecule has 20 heavy (non-hydrogen) atoms. The molecule has 0 aromatic heterocycles. The van der Waals surface area contributed by atoms with Gasteiger partial charge < -0.3 is 15.4 Å². The Bertz CT molecular complexity index is 500. The summed E-state index contributed by atoms with van der Waals surface area (Å²) in [5, 5.41) is 5.50. The zero-order chi connectivity index (χ0) is 14.5. The van der Waals surface area contributed by atoms with Crippen molar-refractivity contribution in [2.45, 2.75) is 45.4 Å². The van der Waals surface area contributed by atoms with E-state index in [1.165, 1.54) is 0 Å². The van der Waals surface area contributed by atoms with E-state index in [1.807, 2.05) is 38.1 Å². The highest BCUT2D eigenvalue weighted by Gasteiger charge is 2.26. The third-order valence-corrected chi connectivity index (χ3v) is 3.10. The van der Waals surface area contributed by atoms with Gasteiger partial charge in [-0.2, -0.15) is 0 Å². The van der Waals surface area contributed by atoms with Crippen LogP contribution in [0.1, 0.15) is 32.3 Å². The average molecular weight is 276 g/mol. The van der Waals surface area contributed by atoms with Crippen molar-refractivity contribution < 1.29 is 14.3 Å². The van der Waals surface area contributed by atoms with E-state index in [0.29, 0.717) is 19.4 Å². The maximum absolute atomic E-state index is 11.9. The summed E-state index contributed by atoms with van der Waals surface area (Å²) < 4.78 is 5.70. The molecule has 0 aliphatic carbocycles. The van der Waals surface area contributed by atoms with Crippen LogP contribution in [0.2, 0.25) is 0 Å². The van der Waals surface area contributed by atoms with Gasteiger partial charge in [0, 0.05) is 18.5 Å². The first kappa shape index (κ1) is 14.4. The molecule has 2 N–H and O–H groups in total. The molecular formula is C15H20N2O3. The van der Waals surface area contributed by atoms with Crippen molar-refractivity contribution in [3.63, 3.8) is 0 Å². The second kappa shape index (κ2) is 6.41. The Labute approximate surface area is 118 Å². The highest BCUT2D eigenvalue weighted by molar-refractivity contribution is 5.90. The molecule has 2 amide bonds. The van der Waals surface area contributed by atoms with E-state index >= 15 is 0 Å². The molecule has 1 heterocycles. The molecule has 1 aliphatic rings. The van der Waals surface area contributed by atoms with Crippen LogP contribution in [0.5, 0.6) is 5.75 Å². The standard InChI is InChI=1S/C15H20N2O3/c1-10(2)20-13-6-4-3-5-11(13)9-16-15(19)12-7-8-14(18)17-12/h3-6,10,12H,7-9H2,1-2H3,(H,16,19)(H,17,18)/t12-/m1/s1. The van der Waals surface area contributed by atoms with Crippen molar-refractivity contribution in [3.05, 3.63) is 29.8 Å². The molecular weight excluding hydrogens is 256 g/mol. The van der Waals surface area contributed by atoms with Gasteiger partial charge in [0.2, 0.25) is 11.8 Å². The maximum atomic E-state index is 11.9. The number of ether oxygens (including phenoxy) is 1. The molecule has 108 valence electrons. The fourth-order valence-electron chi connectivity index (χ4n) is 2.14. The molecule has 0 unspecified atom stereocenters. The minimum atomic E-state index is -0.402. The molecule has 0 radical (unpaired) electrons. The second-order valence-corrected chi connectivity index (χ2v) is 5.15. The van der Waals surface area contributed by atoms with E-state index in [4.69, 9.17) is 4.74 Å². The van der Waals surface area contributed by atoms with Crippen LogP contribution in [-0.2, 0) is 16.1 Å². The lowest BCUT2D eigenvalue weighted by atomic mass is 10.1. The van der Waals surface area contributed by atoms with Crippen molar-refractivity contribution in [2.24, 2.45) is 0 Å². The van der Waals surface area contributed by atoms with E-state index in [9.17, 15) is 9.59 Å². The molecule has 0 bridgehead atoms. The smallest absolute Gasteiger partial charge is 0.242 e. The Morgan fingerprint density at radius 1 is 1.45 bits per heavy atom. The second-order valence-electron chi connectivity index (χ2n) is 5.15. The summed E-state index contributed by atoms with van der Waals surface area (Å²) in [5.74, 6) is 0.571. The van der Waals surface area contributed by atoms with Crippen molar-refractivity contribution in [1.29, 1.82) is 0 Å². The topological polar surface area (TPSA) is 67.4 Å². The van der Waals surface area contributed by atoms with Gasteiger partial charge in [-0.15, -0.1) is 0 Å². The lowest BCUT2D eigenvalue weighted by molar-refractivity contribution is -0.125. The molecule has 5 nitrogen and oxygen atoms in total. The lowest BCUT2D eigenvalue weighted by Crippen LogP contribution is -2.41. The summed E-state index contributed by atoms with van der Waals surface area (Å²) in [6, 6.07) is 7.22. The van der Waals surface area contributed by atoms with Crippen LogP contribution in [0, 0.1) is 0 Å². The number of nitrogens with one attached hydrogen (secondary N) is 2. The highest BCUT2D eigenvalue weighted by Crippen LogP contribution is 2.19. The van der Waals surface area contributed by atoms with Crippen LogP contribution >= 0.6 is 0 Å². The van der Waals surface area contributed by atoms with Crippen LogP contribution in [0.25, 0.3) is 0 Å². The molecule has 1 aliphatic heterocycles. The van der Waals surface area contributed by atoms with Gasteiger partial charge in [-0.25, -0.2) is 0 Å². The van der Waals surface area contributed by atoms with Crippen LogP contribution < -0.4 is 15.4 Å². The molecule has 0 saturated carbocycles. The van der Waals surface area contributed by atoms with Crippen LogP contribution in [0.4, 0.5) is 0 Å². The fourth-order valence-corrected chi connectivity index (χ4v) is 2.14. The van der Waals surface area contributed by atoms with Gasteiger partial charge in [0.15, 0.2) is 0 Å². The lowest BCUT2D eigenvalue weighted by Gasteiger charge is -2.15. The van der Waals surface area contributed by atoms with E-state index in [1.54, 1.807) is 0 Å². The van der Waals surface area contributed by atoms with Crippen molar-refractivity contribution in [2.75, 3.05) is 0 Å². The third-order valence-electron chi connectivity index (χ3n) is 3.10. The predicted octanol–water partition coefficient (Wildman–Crippen LogP) is 1.37. The summed E-state index contributed by atoms with van der Waals surface area (Å²) in [4.78, 5) is 23.0. The molecule has 1 saturated heterocycles. The van der Waals surface area contributed by atoms with E-state index < -0.39 is 6.04 Å². The van der Waals surface area contributed by atoms with Gasteiger partial charge in [0.1, 0.15) is 11.8 Å². The Morgan fingerprint density at radius 3 is 2.85 bits per heavy atom. The maximum Gasteiger partial charge on any atom is 0.242 e. The molecule has 5 heteroatoms. The number of benzene rings is 1. The largest absolute Gasteiger partial charge is 0.491 e. The number of amides is 2. The average Bonchev–Trinajstić information content (AvgIpc) is 2.83. The van der Waals surface area contributed by atoms with Crippen molar-refractivity contribution in [3.8, 4) is 5.75 Å². The number of carbonyl (C=O) groups is 2. The summed E-state index contributed by atoms with van der Waals surface area (Å²) in [5.41, 5.74) is 0.930. The first-order valence-electron chi connectivity index (χ1n) is 6.88. The van der Waals surface area contributed by atoms with Gasteiger partial charge in [-0.3, -0.25) is 9.59 Å².